The van der Waals surface area contributed by atoms with Crippen LogP contribution < -0.4 is 5.73 Å². The molecule has 0 aliphatic carbocycles. The maximum atomic E-state index is 12.2. The second-order valence-corrected chi connectivity index (χ2v) is 4.95. The van der Waals surface area contributed by atoms with Gasteiger partial charge in [-0.15, -0.1) is 0 Å². The van der Waals surface area contributed by atoms with Gasteiger partial charge >= 0.3 is 5.97 Å². The molecule has 112 valence electrons. The second-order valence-electron chi connectivity index (χ2n) is 4.95. The maximum absolute atomic E-state index is 12.2. The first-order valence-electron chi connectivity index (χ1n) is 6.74. The number of primary amides is 1. The van der Waals surface area contributed by atoms with Crippen LogP contribution in [0.1, 0.15) is 25.3 Å². The highest BCUT2D eigenvalue weighted by atomic mass is 16.5. The van der Waals surface area contributed by atoms with Crippen LogP contribution in [0.25, 0.3) is 0 Å². The third-order valence-corrected chi connectivity index (χ3v) is 4.00. The van der Waals surface area contributed by atoms with Crippen molar-refractivity contribution >= 4 is 17.8 Å². The van der Waals surface area contributed by atoms with Crippen molar-refractivity contribution in [2.45, 2.75) is 31.3 Å². The predicted octanol–water partition coefficient (Wildman–Crippen LogP) is 0.551. The second kappa shape index (κ2) is 5.55. The first kappa shape index (κ1) is 15.0. The molecule has 6 heteroatoms. The fourth-order valence-electron chi connectivity index (χ4n) is 2.88. The molecule has 0 aromatic heterocycles. The van der Waals surface area contributed by atoms with Crippen LogP contribution in [0.15, 0.2) is 30.3 Å². The topological polar surface area (TPSA) is 89.7 Å². The van der Waals surface area contributed by atoms with E-state index in [0.717, 1.165) is 0 Å². The van der Waals surface area contributed by atoms with Gasteiger partial charge in [0.2, 0.25) is 11.8 Å². The van der Waals surface area contributed by atoms with Gasteiger partial charge in [0, 0.05) is 0 Å². The van der Waals surface area contributed by atoms with E-state index in [9.17, 15) is 14.4 Å². The number of carbonyl (C=O) groups is 3. The van der Waals surface area contributed by atoms with Crippen LogP contribution in [0.4, 0.5) is 0 Å². The molecule has 1 aliphatic rings. The van der Waals surface area contributed by atoms with E-state index in [2.05, 4.69) is 0 Å². The molecular weight excluding hydrogens is 272 g/mol. The SMILES string of the molecule is CCC(C(N)=O)(c1ccccc1)N1C(=O)CC1C(=O)OC. The Kier molecular flexibility index (Phi) is 3.97. The fourth-order valence-corrected chi connectivity index (χ4v) is 2.88. The number of carbonyl (C=O) groups excluding carboxylic acids is 3. The number of benzene rings is 1. The van der Waals surface area contributed by atoms with Crippen LogP contribution in [-0.2, 0) is 24.7 Å². The van der Waals surface area contributed by atoms with Gasteiger partial charge in [0.25, 0.3) is 0 Å². The van der Waals surface area contributed by atoms with E-state index in [4.69, 9.17) is 10.5 Å². The van der Waals surface area contributed by atoms with Crippen LogP contribution in [-0.4, -0.2) is 35.8 Å². The highest BCUT2D eigenvalue weighted by Crippen LogP contribution is 2.40. The smallest absolute Gasteiger partial charge is 0.329 e. The highest BCUT2D eigenvalue weighted by Gasteiger charge is 2.56. The number of β-lactam (4-membered cyclic amide) rings is 1. The maximum Gasteiger partial charge on any atom is 0.329 e. The number of hydrogen-bond donors (Lipinski definition) is 1. The van der Waals surface area contributed by atoms with Crippen LogP contribution >= 0.6 is 0 Å². The minimum Gasteiger partial charge on any atom is -0.467 e. The number of likely N-dealkylation sites (tertiary alicyclic amines) is 1. The molecule has 0 bridgehead atoms. The zero-order valence-electron chi connectivity index (χ0n) is 12.0. The van der Waals surface area contributed by atoms with E-state index in [0.29, 0.717) is 5.56 Å². The molecule has 2 unspecified atom stereocenters. The first-order chi connectivity index (χ1) is 9.98. The zero-order valence-corrected chi connectivity index (χ0v) is 12.0. The summed E-state index contributed by atoms with van der Waals surface area (Å²) < 4.78 is 4.70. The summed E-state index contributed by atoms with van der Waals surface area (Å²) in [6.45, 7) is 1.76. The average molecular weight is 290 g/mol. The molecule has 2 amide bonds. The van der Waals surface area contributed by atoms with Gasteiger partial charge in [-0.3, -0.25) is 9.59 Å². The van der Waals surface area contributed by atoms with Crippen molar-refractivity contribution in [3.05, 3.63) is 35.9 Å². The van der Waals surface area contributed by atoms with Crippen LogP contribution in [0, 0.1) is 0 Å². The Balaban J connectivity index is 2.53. The Bertz CT molecular complexity index is 572. The van der Waals surface area contributed by atoms with Crippen molar-refractivity contribution < 1.29 is 19.1 Å². The Hall–Kier alpha value is -2.37. The minimum absolute atomic E-state index is 0.0362. The monoisotopic (exact) mass is 290 g/mol. The summed E-state index contributed by atoms with van der Waals surface area (Å²) in [5.74, 6) is -1.47. The number of amides is 2. The molecule has 0 saturated carbocycles. The van der Waals surface area contributed by atoms with E-state index >= 15 is 0 Å². The summed E-state index contributed by atoms with van der Waals surface area (Å²) in [5, 5.41) is 0. The summed E-state index contributed by atoms with van der Waals surface area (Å²) in [5.41, 5.74) is 4.88. The molecule has 2 rings (SSSR count). The van der Waals surface area contributed by atoms with E-state index in [1.807, 2.05) is 0 Å². The molecule has 0 radical (unpaired) electrons. The van der Waals surface area contributed by atoms with E-state index < -0.39 is 23.5 Å². The number of rotatable bonds is 5. The van der Waals surface area contributed by atoms with Gasteiger partial charge in [-0.25, -0.2) is 4.79 Å². The number of nitrogens with two attached hydrogens (primary N) is 1. The minimum atomic E-state index is -1.32. The van der Waals surface area contributed by atoms with Crippen molar-refractivity contribution in [3.63, 3.8) is 0 Å². The van der Waals surface area contributed by atoms with Crippen LogP contribution in [0.5, 0.6) is 0 Å². The summed E-state index contributed by atoms with van der Waals surface area (Å²) in [6.07, 6.45) is 0.320. The lowest BCUT2D eigenvalue weighted by Gasteiger charge is -2.50. The van der Waals surface area contributed by atoms with Crippen LogP contribution in [0.2, 0.25) is 0 Å². The van der Waals surface area contributed by atoms with Crippen molar-refractivity contribution in [2.24, 2.45) is 5.73 Å². The van der Waals surface area contributed by atoms with Gasteiger partial charge in [0.05, 0.1) is 13.5 Å². The Morgan fingerprint density at radius 2 is 2.00 bits per heavy atom. The molecule has 1 aromatic carbocycles. The van der Waals surface area contributed by atoms with Crippen molar-refractivity contribution in [3.8, 4) is 0 Å². The number of ether oxygens (including phenoxy) is 1. The van der Waals surface area contributed by atoms with Gasteiger partial charge in [-0.2, -0.15) is 0 Å². The van der Waals surface area contributed by atoms with Gasteiger partial charge < -0.3 is 15.4 Å². The van der Waals surface area contributed by atoms with Gasteiger partial charge in [-0.1, -0.05) is 37.3 Å². The lowest BCUT2D eigenvalue weighted by Crippen LogP contribution is -2.69. The van der Waals surface area contributed by atoms with Crippen molar-refractivity contribution in [1.29, 1.82) is 0 Å². The van der Waals surface area contributed by atoms with E-state index in [-0.39, 0.29) is 18.7 Å². The molecule has 1 saturated heterocycles. The van der Waals surface area contributed by atoms with Crippen molar-refractivity contribution in [2.75, 3.05) is 7.11 Å². The van der Waals surface area contributed by atoms with Crippen LogP contribution in [0.3, 0.4) is 0 Å². The molecule has 1 heterocycles. The Morgan fingerprint density at radius 1 is 1.38 bits per heavy atom. The third-order valence-electron chi connectivity index (χ3n) is 4.00. The fraction of sp³-hybridized carbons (Fsp3) is 0.400. The molecule has 2 N–H and O–H groups in total. The molecule has 0 spiro atoms. The summed E-state index contributed by atoms with van der Waals surface area (Å²) in [4.78, 5) is 37.3. The Labute approximate surface area is 122 Å². The molecule has 1 aliphatic heterocycles. The number of esters is 1. The highest BCUT2D eigenvalue weighted by molar-refractivity contribution is 6.00. The molecular formula is C15H18N2O4. The summed E-state index contributed by atoms with van der Waals surface area (Å²) >= 11 is 0. The first-order valence-corrected chi connectivity index (χ1v) is 6.74. The standard InChI is InChI=1S/C15H18N2O4/c1-3-15(14(16)20,10-7-5-4-6-8-10)17-11(9-12(17)18)13(19)21-2/h4-8,11H,3,9H2,1-2H3,(H2,16,20). The largest absolute Gasteiger partial charge is 0.467 e. The summed E-state index contributed by atoms with van der Waals surface area (Å²) in [7, 11) is 1.25. The molecule has 1 aromatic rings. The number of methoxy groups -OCH3 is 1. The lowest BCUT2D eigenvalue weighted by atomic mass is 9.79. The summed E-state index contributed by atoms with van der Waals surface area (Å²) in [6, 6.07) is 8.03. The third kappa shape index (κ3) is 2.16. The van der Waals surface area contributed by atoms with E-state index in [1.165, 1.54) is 12.0 Å². The lowest BCUT2D eigenvalue weighted by molar-refractivity contribution is -0.177. The van der Waals surface area contributed by atoms with Gasteiger partial charge in [0.1, 0.15) is 11.6 Å². The predicted molar refractivity (Wildman–Crippen MR) is 74.9 cm³/mol. The average Bonchev–Trinajstić information content (AvgIpc) is 2.49. The van der Waals surface area contributed by atoms with Crippen molar-refractivity contribution in [1.82, 2.24) is 4.90 Å². The Morgan fingerprint density at radius 3 is 2.43 bits per heavy atom. The molecule has 21 heavy (non-hydrogen) atoms. The normalized spacial score (nSPS) is 20.4. The van der Waals surface area contributed by atoms with E-state index in [1.54, 1.807) is 37.3 Å². The zero-order chi connectivity index (χ0) is 15.6. The number of hydrogen-bond acceptors (Lipinski definition) is 4. The molecule has 2 atom stereocenters. The molecule has 1 fully saturated rings. The quantitative estimate of drug-likeness (QED) is 0.633. The van der Waals surface area contributed by atoms with Gasteiger partial charge in [-0.05, 0) is 12.0 Å². The molecule has 6 nitrogen and oxygen atoms in total. The van der Waals surface area contributed by atoms with Gasteiger partial charge in [0.15, 0.2) is 0 Å². The number of nitrogens with zero attached hydrogens (tertiary/aromatic N) is 1.